The zero-order valence-electron chi connectivity index (χ0n) is 11.5. The number of nitrogens with zero attached hydrogens (tertiary/aromatic N) is 4. The van der Waals surface area contributed by atoms with Gasteiger partial charge in [0.2, 0.25) is 0 Å². The fraction of sp³-hybridized carbons (Fsp3) is 0.357. The summed E-state index contributed by atoms with van der Waals surface area (Å²) in [6.07, 6.45) is 1.85. The molecule has 5 nitrogen and oxygen atoms in total. The van der Waals surface area contributed by atoms with Crippen LogP contribution in [-0.2, 0) is 7.05 Å². The van der Waals surface area contributed by atoms with Crippen LogP contribution < -0.4 is 15.5 Å². The largest absolute Gasteiger partial charge is 0.394 e. The molecule has 1 saturated heterocycles. The normalized spacial score (nSPS) is 15.7. The van der Waals surface area contributed by atoms with Gasteiger partial charge in [-0.2, -0.15) is 5.10 Å². The molecule has 0 saturated carbocycles. The van der Waals surface area contributed by atoms with Gasteiger partial charge in [-0.1, -0.05) is 11.6 Å². The summed E-state index contributed by atoms with van der Waals surface area (Å²) >= 11 is 5.92. The van der Waals surface area contributed by atoms with Crippen LogP contribution >= 0.6 is 11.6 Å². The Bertz CT molecular complexity index is 584. The van der Waals surface area contributed by atoms with E-state index in [9.17, 15) is 0 Å². The molecule has 0 radical (unpaired) electrons. The molecule has 106 valence electrons. The second-order valence-corrected chi connectivity index (χ2v) is 5.47. The monoisotopic (exact) mass is 291 g/mol. The average Bonchev–Trinajstić information content (AvgIpc) is 2.79. The summed E-state index contributed by atoms with van der Waals surface area (Å²) in [5, 5.41) is 5.20. The summed E-state index contributed by atoms with van der Waals surface area (Å²) in [5.74, 6) is 0.892. The molecular weight excluding hydrogens is 274 g/mol. The molecule has 2 N–H and O–H groups in total. The van der Waals surface area contributed by atoms with E-state index in [-0.39, 0.29) is 0 Å². The van der Waals surface area contributed by atoms with E-state index in [0.29, 0.717) is 0 Å². The Labute approximate surface area is 123 Å². The highest BCUT2D eigenvalue weighted by Crippen LogP contribution is 2.24. The minimum atomic E-state index is 0.743. The number of anilines is 3. The Kier molecular flexibility index (Phi) is 3.44. The van der Waals surface area contributed by atoms with Gasteiger partial charge in [-0.05, 0) is 24.3 Å². The minimum absolute atomic E-state index is 0.743. The molecule has 3 rings (SSSR count). The summed E-state index contributed by atoms with van der Waals surface area (Å²) in [5.41, 5.74) is 7.94. The first kappa shape index (κ1) is 13.1. The van der Waals surface area contributed by atoms with Crippen molar-refractivity contribution in [1.29, 1.82) is 0 Å². The van der Waals surface area contributed by atoms with Crippen molar-refractivity contribution in [1.82, 2.24) is 9.78 Å². The summed E-state index contributed by atoms with van der Waals surface area (Å²) < 4.78 is 1.76. The van der Waals surface area contributed by atoms with Crippen LogP contribution in [0.5, 0.6) is 0 Å². The van der Waals surface area contributed by atoms with Crippen molar-refractivity contribution in [3.63, 3.8) is 0 Å². The number of hydrogen-bond donors (Lipinski definition) is 1. The van der Waals surface area contributed by atoms with Crippen molar-refractivity contribution in [2.24, 2.45) is 7.05 Å². The zero-order valence-corrected chi connectivity index (χ0v) is 12.2. The first-order valence-corrected chi connectivity index (χ1v) is 7.06. The highest BCUT2D eigenvalue weighted by molar-refractivity contribution is 6.30. The van der Waals surface area contributed by atoms with Gasteiger partial charge in [0, 0.05) is 50.1 Å². The number of nitrogens with two attached hydrogens (primary N) is 1. The highest BCUT2D eigenvalue weighted by atomic mass is 35.5. The molecule has 1 aliphatic rings. The predicted molar refractivity (Wildman–Crippen MR) is 83.5 cm³/mol. The SMILES string of the molecule is Cn1cc(N)c(N2CCN(c3ccc(Cl)cc3)CC2)n1. The van der Waals surface area contributed by atoms with Crippen molar-refractivity contribution < 1.29 is 0 Å². The Hall–Kier alpha value is -1.88. The van der Waals surface area contributed by atoms with Crippen molar-refractivity contribution in [2.75, 3.05) is 41.7 Å². The van der Waals surface area contributed by atoms with Gasteiger partial charge in [0.25, 0.3) is 0 Å². The molecule has 1 aliphatic heterocycles. The van der Waals surface area contributed by atoms with Crippen molar-refractivity contribution in [3.8, 4) is 0 Å². The number of aromatic nitrogens is 2. The lowest BCUT2D eigenvalue weighted by molar-refractivity contribution is 0.639. The third kappa shape index (κ3) is 2.54. The lowest BCUT2D eigenvalue weighted by atomic mass is 10.2. The number of halogens is 1. The maximum Gasteiger partial charge on any atom is 0.173 e. The molecule has 0 unspecified atom stereocenters. The van der Waals surface area contributed by atoms with Crippen LogP contribution in [0.4, 0.5) is 17.2 Å². The lowest BCUT2D eigenvalue weighted by Crippen LogP contribution is -2.46. The molecule has 1 fully saturated rings. The van der Waals surface area contributed by atoms with E-state index < -0.39 is 0 Å². The van der Waals surface area contributed by atoms with Crippen LogP contribution in [0, 0.1) is 0 Å². The Balaban J connectivity index is 1.67. The number of piperazine rings is 1. The van der Waals surface area contributed by atoms with Crippen LogP contribution in [0.1, 0.15) is 0 Å². The van der Waals surface area contributed by atoms with Gasteiger partial charge in [0.05, 0.1) is 5.69 Å². The first-order valence-electron chi connectivity index (χ1n) is 6.68. The third-order valence-electron chi connectivity index (χ3n) is 3.61. The molecule has 0 amide bonds. The fourth-order valence-electron chi connectivity index (χ4n) is 2.57. The fourth-order valence-corrected chi connectivity index (χ4v) is 2.70. The van der Waals surface area contributed by atoms with Gasteiger partial charge in [0.15, 0.2) is 5.82 Å². The highest BCUT2D eigenvalue weighted by Gasteiger charge is 2.20. The zero-order chi connectivity index (χ0) is 14.1. The maximum absolute atomic E-state index is 5.98. The minimum Gasteiger partial charge on any atom is -0.394 e. The number of benzene rings is 1. The smallest absolute Gasteiger partial charge is 0.173 e. The van der Waals surface area contributed by atoms with E-state index in [4.69, 9.17) is 17.3 Å². The summed E-state index contributed by atoms with van der Waals surface area (Å²) in [4.78, 5) is 4.59. The van der Waals surface area contributed by atoms with Crippen LogP contribution in [0.2, 0.25) is 5.02 Å². The Morgan fingerprint density at radius 2 is 1.65 bits per heavy atom. The van der Waals surface area contributed by atoms with E-state index in [1.807, 2.05) is 25.4 Å². The molecule has 2 aromatic rings. The van der Waals surface area contributed by atoms with Gasteiger partial charge in [-0.15, -0.1) is 0 Å². The van der Waals surface area contributed by atoms with E-state index in [1.165, 1.54) is 5.69 Å². The van der Waals surface area contributed by atoms with Crippen LogP contribution in [0.3, 0.4) is 0 Å². The Morgan fingerprint density at radius 3 is 2.20 bits per heavy atom. The van der Waals surface area contributed by atoms with Crippen molar-refractivity contribution in [2.45, 2.75) is 0 Å². The van der Waals surface area contributed by atoms with Gasteiger partial charge < -0.3 is 15.5 Å². The summed E-state index contributed by atoms with van der Waals surface area (Å²) in [6.45, 7) is 3.75. The summed E-state index contributed by atoms with van der Waals surface area (Å²) in [7, 11) is 1.89. The van der Waals surface area contributed by atoms with Gasteiger partial charge >= 0.3 is 0 Å². The molecule has 0 bridgehead atoms. The topological polar surface area (TPSA) is 50.3 Å². The second-order valence-electron chi connectivity index (χ2n) is 5.03. The summed E-state index contributed by atoms with van der Waals surface area (Å²) in [6, 6.07) is 7.99. The number of aryl methyl sites for hydroxylation is 1. The molecule has 6 heteroatoms. The van der Waals surface area contributed by atoms with Crippen LogP contribution in [-0.4, -0.2) is 36.0 Å². The molecule has 0 aliphatic carbocycles. The molecular formula is C14H18ClN5. The quantitative estimate of drug-likeness (QED) is 0.919. The number of rotatable bonds is 2. The van der Waals surface area contributed by atoms with Crippen molar-refractivity contribution >= 4 is 28.8 Å². The van der Waals surface area contributed by atoms with Gasteiger partial charge in [0.1, 0.15) is 0 Å². The van der Waals surface area contributed by atoms with Crippen LogP contribution in [0.25, 0.3) is 0 Å². The number of hydrogen-bond acceptors (Lipinski definition) is 4. The third-order valence-corrected chi connectivity index (χ3v) is 3.86. The molecule has 0 atom stereocenters. The molecule has 1 aromatic carbocycles. The molecule has 0 spiro atoms. The van der Waals surface area contributed by atoms with E-state index in [2.05, 4.69) is 27.0 Å². The van der Waals surface area contributed by atoms with Gasteiger partial charge in [-0.3, -0.25) is 4.68 Å². The number of nitrogen functional groups attached to an aromatic ring is 1. The first-order chi connectivity index (χ1) is 9.63. The lowest BCUT2D eigenvalue weighted by Gasteiger charge is -2.36. The molecule has 20 heavy (non-hydrogen) atoms. The second kappa shape index (κ2) is 5.25. The van der Waals surface area contributed by atoms with E-state index in [1.54, 1.807) is 4.68 Å². The maximum atomic E-state index is 5.98. The predicted octanol–water partition coefficient (Wildman–Crippen LogP) is 1.98. The van der Waals surface area contributed by atoms with Gasteiger partial charge in [-0.25, -0.2) is 0 Å². The van der Waals surface area contributed by atoms with E-state index in [0.717, 1.165) is 42.7 Å². The average molecular weight is 292 g/mol. The van der Waals surface area contributed by atoms with E-state index >= 15 is 0 Å². The standard InChI is InChI=1S/C14H18ClN5/c1-18-10-13(16)14(17-18)20-8-6-19(7-9-20)12-4-2-11(15)3-5-12/h2-5,10H,6-9,16H2,1H3. The Morgan fingerprint density at radius 1 is 1.05 bits per heavy atom. The van der Waals surface area contributed by atoms with Crippen LogP contribution in [0.15, 0.2) is 30.5 Å². The molecule has 1 aromatic heterocycles. The molecule has 2 heterocycles. The van der Waals surface area contributed by atoms with Crippen molar-refractivity contribution in [3.05, 3.63) is 35.5 Å².